The number of nitrogens with two attached hydrogens (primary N) is 1. The molecular formula is C21H16BrF3N6O. The van der Waals surface area contributed by atoms with Crippen molar-refractivity contribution in [3.63, 3.8) is 0 Å². The number of hydrogen-bond donors (Lipinski definition) is 1. The van der Waals surface area contributed by atoms with Crippen molar-refractivity contribution in [1.82, 2.24) is 24.5 Å². The Labute approximate surface area is 188 Å². The molecule has 164 valence electrons. The van der Waals surface area contributed by atoms with Crippen molar-refractivity contribution in [2.75, 3.05) is 0 Å². The normalized spacial score (nSPS) is 12.3. The van der Waals surface area contributed by atoms with Crippen LogP contribution in [-0.2, 0) is 6.42 Å². The SMILES string of the molecule is NC(=O)c1ccc(-c2cnn(C(Cc3ccn(C(F)F)n3)c3ccc(Br)cn3)c2)cc1F. The van der Waals surface area contributed by atoms with E-state index < -0.39 is 24.3 Å². The first kappa shape index (κ1) is 21.8. The fraction of sp³-hybridized carbons (Fsp3) is 0.143. The van der Waals surface area contributed by atoms with Gasteiger partial charge in [-0.25, -0.2) is 9.07 Å². The molecule has 11 heteroatoms. The summed E-state index contributed by atoms with van der Waals surface area (Å²) in [6, 6.07) is 8.76. The van der Waals surface area contributed by atoms with E-state index in [9.17, 15) is 18.0 Å². The Morgan fingerprint density at radius 2 is 1.91 bits per heavy atom. The quantitative estimate of drug-likeness (QED) is 0.404. The van der Waals surface area contributed by atoms with Crippen LogP contribution in [0.2, 0.25) is 0 Å². The minimum absolute atomic E-state index is 0.201. The highest BCUT2D eigenvalue weighted by atomic mass is 79.9. The van der Waals surface area contributed by atoms with E-state index in [1.54, 1.807) is 35.4 Å². The molecule has 0 bridgehead atoms. The smallest absolute Gasteiger partial charge is 0.333 e. The lowest BCUT2D eigenvalue weighted by Crippen LogP contribution is -2.16. The van der Waals surface area contributed by atoms with Crippen LogP contribution in [0, 0.1) is 5.82 Å². The molecule has 4 aromatic rings. The largest absolute Gasteiger partial charge is 0.366 e. The van der Waals surface area contributed by atoms with Crippen LogP contribution in [0.5, 0.6) is 0 Å². The van der Waals surface area contributed by atoms with Gasteiger partial charge in [-0.3, -0.25) is 14.5 Å². The molecule has 3 heterocycles. The van der Waals surface area contributed by atoms with Gasteiger partial charge in [-0.1, -0.05) is 6.07 Å². The molecule has 1 atom stereocenters. The van der Waals surface area contributed by atoms with Gasteiger partial charge < -0.3 is 5.73 Å². The van der Waals surface area contributed by atoms with Gasteiger partial charge >= 0.3 is 6.55 Å². The molecular weight excluding hydrogens is 489 g/mol. The zero-order chi connectivity index (χ0) is 22.8. The van der Waals surface area contributed by atoms with Crippen molar-refractivity contribution in [2.24, 2.45) is 5.73 Å². The van der Waals surface area contributed by atoms with Gasteiger partial charge in [0.05, 0.1) is 29.2 Å². The number of primary amides is 1. The third-order valence-electron chi connectivity index (χ3n) is 4.85. The third-order valence-corrected chi connectivity index (χ3v) is 5.32. The van der Waals surface area contributed by atoms with Crippen molar-refractivity contribution in [2.45, 2.75) is 19.0 Å². The summed E-state index contributed by atoms with van der Waals surface area (Å²) in [4.78, 5) is 15.7. The second-order valence-corrected chi connectivity index (χ2v) is 7.87. The van der Waals surface area contributed by atoms with Gasteiger partial charge in [0.25, 0.3) is 5.91 Å². The van der Waals surface area contributed by atoms with E-state index in [0.717, 1.165) is 4.47 Å². The number of rotatable bonds is 7. The second kappa shape index (κ2) is 8.95. The molecule has 3 aromatic heterocycles. The van der Waals surface area contributed by atoms with Crippen LogP contribution in [0.25, 0.3) is 11.1 Å². The van der Waals surface area contributed by atoms with Crippen LogP contribution < -0.4 is 5.73 Å². The molecule has 1 aromatic carbocycles. The molecule has 0 fully saturated rings. The predicted molar refractivity (Wildman–Crippen MR) is 113 cm³/mol. The number of carbonyl (C=O) groups is 1. The molecule has 4 rings (SSSR count). The van der Waals surface area contributed by atoms with E-state index >= 15 is 0 Å². The summed E-state index contributed by atoms with van der Waals surface area (Å²) >= 11 is 3.34. The summed E-state index contributed by atoms with van der Waals surface area (Å²) < 4.78 is 43.0. The van der Waals surface area contributed by atoms with E-state index in [4.69, 9.17) is 5.73 Å². The number of hydrogen-bond acceptors (Lipinski definition) is 4. The monoisotopic (exact) mass is 504 g/mol. The molecule has 0 aliphatic carbocycles. The predicted octanol–water partition coefficient (Wildman–Crippen LogP) is 4.37. The number of carbonyl (C=O) groups excluding carboxylic acids is 1. The van der Waals surface area contributed by atoms with Crippen LogP contribution in [0.3, 0.4) is 0 Å². The molecule has 0 aliphatic rings. The lowest BCUT2D eigenvalue weighted by atomic mass is 10.1. The van der Waals surface area contributed by atoms with Gasteiger partial charge in [0.1, 0.15) is 5.82 Å². The maximum atomic E-state index is 14.2. The first-order chi connectivity index (χ1) is 15.3. The summed E-state index contributed by atoms with van der Waals surface area (Å²) in [7, 11) is 0. The fourth-order valence-corrected chi connectivity index (χ4v) is 3.50. The average Bonchev–Trinajstić information content (AvgIpc) is 3.42. The molecule has 0 spiro atoms. The zero-order valence-corrected chi connectivity index (χ0v) is 18.0. The Balaban J connectivity index is 1.68. The lowest BCUT2D eigenvalue weighted by Gasteiger charge is -2.16. The van der Waals surface area contributed by atoms with Gasteiger partial charge in [-0.05, 0) is 51.8 Å². The number of alkyl halides is 2. The van der Waals surface area contributed by atoms with Crippen molar-refractivity contribution in [1.29, 1.82) is 0 Å². The van der Waals surface area contributed by atoms with Crippen LogP contribution in [0.4, 0.5) is 13.2 Å². The van der Waals surface area contributed by atoms with Crippen molar-refractivity contribution in [3.8, 4) is 11.1 Å². The Hall–Kier alpha value is -3.47. The summed E-state index contributed by atoms with van der Waals surface area (Å²) in [5, 5.41) is 8.30. The number of amides is 1. The molecule has 0 saturated heterocycles. The second-order valence-electron chi connectivity index (χ2n) is 6.95. The van der Waals surface area contributed by atoms with E-state index in [0.29, 0.717) is 27.2 Å². The van der Waals surface area contributed by atoms with Gasteiger partial charge in [-0.15, -0.1) is 0 Å². The zero-order valence-electron chi connectivity index (χ0n) is 16.4. The molecule has 1 amide bonds. The van der Waals surface area contributed by atoms with E-state index in [2.05, 4.69) is 31.1 Å². The van der Waals surface area contributed by atoms with Gasteiger partial charge in [0, 0.05) is 35.0 Å². The Kier molecular flexibility index (Phi) is 6.08. The summed E-state index contributed by atoms with van der Waals surface area (Å²) in [6.45, 7) is -2.73. The molecule has 0 aliphatic heterocycles. The van der Waals surface area contributed by atoms with Crippen LogP contribution in [0.1, 0.15) is 34.3 Å². The highest BCUT2D eigenvalue weighted by molar-refractivity contribution is 9.10. The summed E-state index contributed by atoms with van der Waals surface area (Å²) in [6.07, 6.45) is 6.33. The molecule has 0 radical (unpaired) electrons. The number of aromatic nitrogens is 5. The Morgan fingerprint density at radius 3 is 2.53 bits per heavy atom. The van der Waals surface area contributed by atoms with Crippen LogP contribution in [-0.4, -0.2) is 30.5 Å². The maximum Gasteiger partial charge on any atom is 0.333 e. The van der Waals surface area contributed by atoms with Gasteiger partial charge in [-0.2, -0.15) is 19.0 Å². The molecule has 7 nitrogen and oxygen atoms in total. The van der Waals surface area contributed by atoms with Crippen molar-refractivity contribution in [3.05, 3.63) is 88.4 Å². The van der Waals surface area contributed by atoms with Crippen molar-refractivity contribution < 1.29 is 18.0 Å². The molecule has 32 heavy (non-hydrogen) atoms. The number of nitrogens with zero attached hydrogens (tertiary/aromatic N) is 5. The highest BCUT2D eigenvalue weighted by Gasteiger charge is 2.20. The van der Waals surface area contributed by atoms with Gasteiger partial charge in [0.2, 0.25) is 0 Å². The average molecular weight is 505 g/mol. The molecule has 1 unspecified atom stereocenters. The number of halogens is 4. The third kappa shape index (κ3) is 4.57. The summed E-state index contributed by atoms with van der Waals surface area (Å²) in [5.41, 5.74) is 7.14. The molecule has 2 N–H and O–H groups in total. The Bertz CT molecular complexity index is 1250. The topological polar surface area (TPSA) is 91.6 Å². The fourth-order valence-electron chi connectivity index (χ4n) is 3.26. The van der Waals surface area contributed by atoms with E-state index in [1.165, 1.54) is 24.4 Å². The van der Waals surface area contributed by atoms with Crippen LogP contribution >= 0.6 is 15.9 Å². The highest BCUT2D eigenvalue weighted by Crippen LogP contribution is 2.27. The van der Waals surface area contributed by atoms with Gasteiger partial charge in [0.15, 0.2) is 0 Å². The molecule has 0 saturated carbocycles. The summed E-state index contributed by atoms with van der Waals surface area (Å²) in [5.74, 6) is -1.58. The van der Waals surface area contributed by atoms with E-state index in [-0.39, 0.29) is 12.0 Å². The minimum Gasteiger partial charge on any atom is -0.366 e. The van der Waals surface area contributed by atoms with Crippen molar-refractivity contribution >= 4 is 21.8 Å². The lowest BCUT2D eigenvalue weighted by molar-refractivity contribution is 0.0561. The first-order valence-corrected chi connectivity index (χ1v) is 10.2. The number of benzene rings is 1. The maximum absolute atomic E-state index is 14.2. The standard InChI is InChI=1S/C21H16BrF3N6O/c22-14-2-4-18(27-10-14)19(8-15-5-6-30(29-15)21(24)25)31-11-13(9-28-31)12-1-3-16(20(26)32)17(23)7-12/h1-7,9-11,19,21H,8H2,(H2,26,32). The number of pyridine rings is 1. The first-order valence-electron chi connectivity index (χ1n) is 9.39. The Morgan fingerprint density at radius 1 is 1.09 bits per heavy atom. The van der Waals surface area contributed by atoms with Crippen LogP contribution in [0.15, 0.2) is 65.7 Å². The minimum atomic E-state index is -2.73. The van der Waals surface area contributed by atoms with E-state index in [1.807, 2.05) is 6.07 Å².